The van der Waals surface area contributed by atoms with Crippen LogP contribution in [0.3, 0.4) is 0 Å². The minimum Gasteiger partial charge on any atom is -0.507 e. The Morgan fingerprint density at radius 1 is 1.11 bits per heavy atom. The third-order valence-electron chi connectivity index (χ3n) is 5.20. The first kappa shape index (κ1) is 18.4. The second kappa shape index (κ2) is 7.56. The van der Waals surface area contributed by atoms with Crippen molar-refractivity contribution in [3.63, 3.8) is 0 Å². The molecule has 2 fully saturated rings. The Bertz CT molecular complexity index is 917. The van der Waals surface area contributed by atoms with Crippen LogP contribution in [0, 0.1) is 5.82 Å². The lowest BCUT2D eigenvalue weighted by atomic mass is 9.95. The molecule has 0 aromatic heterocycles. The van der Waals surface area contributed by atoms with Gasteiger partial charge in [0.1, 0.15) is 11.6 Å². The normalized spacial score (nSPS) is 24.1. The number of carbonyl (C=O) groups excluding carboxylic acids is 2. The van der Waals surface area contributed by atoms with Crippen LogP contribution in [0.15, 0.2) is 60.2 Å². The molecule has 2 heterocycles. The van der Waals surface area contributed by atoms with Gasteiger partial charge in [0.15, 0.2) is 0 Å². The van der Waals surface area contributed by atoms with Gasteiger partial charge in [0.05, 0.1) is 17.7 Å². The van der Waals surface area contributed by atoms with E-state index in [9.17, 15) is 19.1 Å². The van der Waals surface area contributed by atoms with E-state index >= 15 is 0 Å². The maximum absolute atomic E-state index is 13.4. The Hall–Kier alpha value is -2.99. The van der Waals surface area contributed by atoms with Crippen LogP contribution in [0.5, 0.6) is 0 Å². The molecule has 0 aliphatic carbocycles. The maximum Gasteiger partial charge on any atom is 0.295 e. The first-order valence-electron chi connectivity index (χ1n) is 9.27. The quantitative estimate of drug-likeness (QED) is 0.501. The maximum atomic E-state index is 13.4. The van der Waals surface area contributed by atoms with Gasteiger partial charge in [-0.3, -0.25) is 9.59 Å². The lowest BCUT2D eigenvalue weighted by Gasteiger charge is -2.27. The number of aliphatic hydroxyl groups is 1. The fourth-order valence-electron chi connectivity index (χ4n) is 3.82. The molecule has 2 aliphatic heterocycles. The van der Waals surface area contributed by atoms with Gasteiger partial charge in [0.25, 0.3) is 11.7 Å². The molecule has 144 valence electrons. The summed E-state index contributed by atoms with van der Waals surface area (Å²) in [4.78, 5) is 27.1. The minimum atomic E-state index is -0.787. The van der Waals surface area contributed by atoms with E-state index < -0.39 is 23.5 Å². The zero-order valence-corrected chi connectivity index (χ0v) is 15.2. The molecule has 0 spiro atoms. The number of likely N-dealkylation sites (tertiary alicyclic amines) is 1. The van der Waals surface area contributed by atoms with Crippen molar-refractivity contribution in [2.24, 2.45) is 0 Å². The van der Waals surface area contributed by atoms with Gasteiger partial charge in [-0.05, 0) is 30.5 Å². The van der Waals surface area contributed by atoms with E-state index in [1.165, 1.54) is 29.2 Å². The van der Waals surface area contributed by atoms with E-state index in [2.05, 4.69) is 0 Å². The third kappa shape index (κ3) is 3.31. The van der Waals surface area contributed by atoms with Crippen molar-refractivity contribution in [3.05, 3.63) is 77.1 Å². The number of nitrogens with zero attached hydrogens (tertiary/aromatic N) is 1. The second-order valence-electron chi connectivity index (χ2n) is 7.00. The van der Waals surface area contributed by atoms with E-state index in [0.29, 0.717) is 17.7 Å². The van der Waals surface area contributed by atoms with Crippen molar-refractivity contribution in [1.82, 2.24) is 4.90 Å². The van der Waals surface area contributed by atoms with Crippen molar-refractivity contribution < 1.29 is 23.8 Å². The number of halogens is 1. The lowest BCUT2D eigenvalue weighted by molar-refractivity contribution is -0.140. The van der Waals surface area contributed by atoms with Crippen LogP contribution in [-0.4, -0.2) is 41.0 Å². The smallest absolute Gasteiger partial charge is 0.295 e. The molecule has 0 saturated carbocycles. The molecular weight excluding hydrogens is 361 g/mol. The van der Waals surface area contributed by atoms with Gasteiger partial charge in [0, 0.05) is 18.7 Å². The number of amides is 1. The fourth-order valence-corrected chi connectivity index (χ4v) is 3.82. The molecule has 5 nitrogen and oxygen atoms in total. The van der Waals surface area contributed by atoms with E-state index in [-0.39, 0.29) is 24.0 Å². The number of Topliss-reactive ketones (excluding diaryl/α,β-unsaturated/α-hetero) is 1. The van der Waals surface area contributed by atoms with Crippen molar-refractivity contribution in [3.8, 4) is 0 Å². The molecule has 0 unspecified atom stereocenters. The molecule has 2 saturated heterocycles. The van der Waals surface area contributed by atoms with Gasteiger partial charge in [-0.15, -0.1) is 0 Å². The van der Waals surface area contributed by atoms with Crippen molar-refractivity contribution in [2.75, 3.05) is 13.2 Å². The minimum absolute atomic E-state index is 0.0146. The van der Waals surface area contributed by atoms with Gasteiger partial charge >= 0.3 is 0 Å². The number of ketones is 1. The highest BCUT2D eigenvalue weighted by Gasteiger charge is 2.47. The lowest BCUT2D eigenvalue weighted by Crippen LogP contribution is -2.36. The fraction of sp³-hybridized carbons (Fsp3) is 0.273. The van der Waals surface area contributed by atoms with Gasteiger partial charge in [-0.25, -0.2) is 4.39 Å². The summed E-state index contributed by atoms with van der Waals surface area (Å²) in [5, 5.41) is 10.8. The summed E-state index contributed by atoms with van der Waals surface area (Å²) in [5.41, 5.74) is 1.03. The van der Waals surface area contributed by atoms with Gasteiger partial charge in [-0.2, -0.15) is 0 Å². The first-order chi connectivity index (χ1) is 13.6. The summed E-state index contributed by atoms with van der Waals surface area (Å²) in [5.74, 6) is -2.07. The molecule has 6 heteroatoms. The number of hydrogen-bond acceptors (Lipinski definition) is 4. The van der Waals surface area contributed by atoms with Crippen LogP contribution in [0.1, 0.15) is 30.0 Å². The highest BCUT2D eigenvalue weighted by Crippen LogP contribution is 2.40. The predicted octanol–water partition coefficient (Wildman–Crippen LogP) is 3.43. The largest absolute Gasteiger partial charge is 0.507 e. The number of carbonyl (C=O) groups is 2. The van der Waals surface area contributed by atoms with Crippen molar-refractivity contribution >= 4 is 17.4 Å². The molecule has 4 rings (SSSR count). The molecule has 0 radical (unpaired) electrons. The van der Waals surface area contributed by atoms with E-state index in [4.69, 9.17) is 4.74 Å². The number of ether oxygens (including phenoxy) is 1. The molecular formula is C22H20FNO4. The predicted molar refractivity (Wildman–Crippen MR) is 101 cm³/mol. The van der Waals surface area contributed by atoms with E-state index in [0.717, 1.165) is 12.8 Å². The number of rotatable bonds is 4. The van der Waals surface area contributed by atoms with Gasteiger partial charge in [0.2, 0.25) is 0 Å². The molecule has 1 N–H and O–H groups in total. The van der Waals surface area contributed by atoms with Crippen LogP contribution >= 0.6 is 0 Å². The third-order valence-corrected chi connectivity index (χ3v) is 5.20. The number of benzene rings is 2. The Labute approximate surface area is 162 Å². The summed E-state index contributed by atoms with van der Waals surface area (Å²) >= 11 is 0. The zero-order chi connectivity index (χ0) is 19.7. The standard InChI is InChI=1S/C22H20FNO4/c23-16-10-8-14(9-11-16)19-18(20(25)15-5-2-1-3-6-15)21(26)22(27)24(19)13-17-7-4-12-28-17/h1-3,5-6,8-11,17,19,25H,4,7,12-13H2/b20-18+/t17-,19+/m1/s1. The average Bonchev–Trinajstić information content (AvgIpc) is 3.31. The molecule has 0 bridgehead atoms. The van der Waals surface area contributed by atoms with Crippen LogP contribution in [0.25, 0.3) is 5.76 Å². The number of hydrogen-bond donors (Lipinski definition) is 1. The highest BCUT2D eigenvalue weighted by molar-refractivity contribution is 6.46. The van der Waals surface area contributed by atoms with Crippen molar-refractivity contribution in [2.45, 2.75) is 25.0 Å². The average molecular weight is 381 g/mol. The Kier molecular flexibility index (Phi) is 4.96. The summed E-state index contributed by atoms with van der Waals surface area (Å²) in [6.45, 7) is 0.873. The molecule has 2 aromatic carbocycles. The Morgan fingerprint density at radius 2 is 1.82 bits per heavy atom. The van der Waals surface area contributed by atoms with E-state index in [1.807, 2.05) is 0 Å². The van der Waals surface area contributed by atoms with Gasteiger partial charge in [-0.1, -0.05) is 42.5 Å². The zero-order valence-electron chi connectivity index (χ0n) is 15.2. The van der Waals surface area contributed by atoms with Crippen LogP contribution < -0.4 is 0 Å². The summed E-state index contributed by atoms with van der Waals surface area (Å²) in [6.07, 6.45) is 1.55. The van der Waals surface area contributed by atoms with E-state index in [1.54, 1.807) is 30.3 Å². The topological polar surface area (TPSA) is 66.8 Å². The van der Waals surface area contributed by atoms with Crippen molar-refractivity contribution in [1.29, 1.82) is 0 Å². The van der Waals surface area contributed by atoms with Crippen LogP contribution in [-0.2, 0) is 14.3 Å². The molecule has 2 atom stereocenters. The highest BCUT2D eigenvalue weighted by atomic mass is 19.1. The second-order valence-corrected chi connectivity index (χ2v) is 7.00. The summed E-state index contributed by atoms with van der Waals surface area (Å²) < 4.78 is 19.1. The monoisotopic (exact) mass is 381 g/mol. The molecule has 28 heavy (non-hydrogen) atoms. The van der Waals surface area contributed by atoms with Gasteiger partial charge < -0.3 is 14.7 Å². The molecule has 2 aliphatic rings. The summed E-state index contributed by atoms with van der Waals surface area (Å²) in [7, 11) is 0. The first-order valence-corrected chi connectivity index (χ1v) is 9.27. The molecule has 2 aromatic rings. The summed E-state index contributed by atoms with van der Waals surface area (Å²) in [6, 6.07) is 13.5. The Morgan fingerprint density at radius 3 is 2.46 bits per heavy atom. The van der Waals surface area contributed by atoms with Crippen LogP contribution in [0.4, 0.5) is 4.39 Å². The number of aliphatic hydroxyl groups excluding tert-OH is 1. The SMILES string of the molecule is O=C1C(=O)N(C[C@H]2CCCO2)[C@@H](c2ccc(F)cc2)/C1=C(\O)c1ccccc1. The Balaban J connectivity index is 1.81. The molecule has 1 amide bonds. The van der Waals surface area contributed by atoms with Crippen LogP contribution in [0.2, 0.25) is 0 Å².